The predicted molar refractivity (Wildman–Crippen MR) is 121 cm³/mol. The summed E-state index contributed by atoms with van der Waals surface area (Å²) < 4.78 is 29.1. The number of furan rings is 2. The molecule has 3 heterocycles. The molecule has 0 radical (unpaired) electrons. The molecule has 1 fully saturated rings. The number of anilines is 1. The lowest BCUT2D eigenvalue weighted by atomic mass is 10.2. The van der Waals surface area contributed by atoms with Gasteiger partial charge in [-0.2, -0.15) is 0 Å². The molecule has 1 aliphatic heterocycles. The third-order valence-electron chi connectivity index (χ3n) is 4.71. The Balaban J connectivity index is 0.000000212. The fourth-order valence-corrected chi connectivity index (χ4v) is 3.61. The van der Waals surface area contributed by atoms with Crippen LogP contribution in [0.2, 0.25) is 0 Å². The Morgan fingerprint density at radius 1 is 1.09 bits per heavy atom. The number of morpholine rings is 1. The van der Waals surface area contributed by atoms with Crippen molar-refractivity contribution in [3.8, 4) is 0 Å². The zero-order chi connectivity index (χ0) is 23.7. The second kappa shape index (κ2) is 12.1. The van der Waals surface area contributed by atoms with Crippen LogP contribution in [0.4, 0.5) is 10.1 Å². The number of hydrogen-bond acceptors (Lipinski definition) is 8. The number of carbonyl (C=O) groups excluding carboxylic acids is 2. The van der Waals surface area contributed by atoms with Crippen LogP contribution in [0.15, 0.2) is 39.2 Å². The number of hydrogen-bond donors (Lipinski definition) is 2. The highest BCUT2D eigenvalue weighted by molar-refractivity contribution is 5.99. The lowest BCUT2D eigenvalue weighted by molar-refractivity contribution is -0.0718. The first-order valence-corrected chi connectivity index (χ1v) is 10.3. The van der Waals surface area contributed by atoms with Crippen molar-refractivity contribution >= 4 is 29.2 Å². The number of carbonyl (C=O) groups is 2. The summed E-state index contributed by atoms with van der Waals surface area (Å²) in [6.07, 6.45) is 1.84. The van der Waals surface area contributed by atoms with Crippen LogP contribution < -0.4 is 11.1 Å². The van der Waals surface area contributed by atoms with E-state index < -0.39 is 0 Å². The molecule has 2 unspecified atom stereocenters. The molecule has 4 rings (SSSR count). The van der Waals surface area contributed by atoms with Crippen molar-refractivity contribution in [3.05, 3.63) is 53.4 Å². The molecule has 174 valence electrons. The molecule has 1 aromatic carbocycles. The first kappa shape index (κ1) is 25.3. The van der Waals surface area contributed by atoms with Gasteiger partial charge in [-0.3, -0.25) is 14.5 Å². The van der Waals surface area contributed by atoms with Gasteiger partial charge in [0.1, 0.15) is 17.2 Å². The standard InChI is InChI=1S/C12H17NO3.C10H8FNO2.CH5N/c1-9-5-13(6-10(2)15-9)7-11-3-4-12(8-14)16-11;1-12-10-7-4-6(11)2-3-8(7)14-9(10)5-13;1-2/h3-4,8-10H,5-7H2,1-2H3;2-5,12H,1H3;2H2,1H3. The van der Waals surface area contributed by atoms with Gasteiger partial charge >= 0.3 is 0 Å². The van der Waals surface area contributed by atoms with E-state index in [1.165, 1.54) is 25.2 Å². The van der Waals surface area contributed by atoms with E-state index >= 15 is 0 Å². The Morgan fingerprint density at radius 2 is 1.78 bits per heavy atom. The topological polar surface area (TPSA) is 111 Å². The van der Waals surface area contributed by atoms with Gasteiger partial charge in [0.15, 0.2) is 24.1 Å². The molecule has 0 bridgehead atoms. The van der Waals surface area contributed by atoms with E-state index in [-0.39, 0.29) is 23.8 Å². The van der Waals surface area contributed by atoms with E-state index in [1.54, 1.807) is 13.1 Å². The summed E-state index contributed by atoms with van der Waals surface area (Å²) in [6.45, 7) is 6.69. The summed E-state index contributed by atoms with van der Waals surface area (Å²) in [7, 11) is 3.15. The number of nitrogens with two attached hydrogens (primary N) is 1. The molecule has 3 N–H and O–H groups in total. The number of benzene rings is 1. The third kappa shape index (κ3) is 6.49. The Kier molecular flexibility index (Phi) is 9.58. The maximum absolute atomic E-state index is 12.9. The molecule has 32 heavy (non-hydrogen) atoms. The molecular formula is C23H30FN3O5. The predicted octanol–water partition coefficient (Wildman–Crippen LogP) is 3.70. The number of rotatable bonds is 5. The molecule has 1 aliphatic rings. The molecule has 9 heteroatoms. The van der Waals surface area contributed by atoms with Crippen molar-refractivity contribution in [2.24, 2.45) is 5.73 Å². The summed E-state index contributed by atoms with van der Waals surface area (Å²) in [4.78, 5) is 23.4. The summed E-state index contributed by atoms with van der Waals surface area (Å²) in [6, 6.07) is 7.68. The average molecular weight is 448 g/mol. The quantitative estimate of drug-likeness (QED) is 0.570. The summed E-state index contributed by atoms with van der Waals surface area (Å²) in [5, 5.41) is 3.38. The van der Waals surface area contributed by atoms with Gasteiger partial charge in [-0.15, -0.1) is 0 Å². The van der Waals surface area contributed by atoms with Crippen LogP contribution in [0.3, 0.4) is 0 Å². The third-order valence-corrected chi connectivity index (χ3v) is 4.71. The van der Waals surface area contributed by atoms with Gasteiger partial charge in [-0.25, -0.2) is 4.39 Å². The molecule has 0 aliphatic carbocycles. The lowest BCUT2D eigenvalue weighted by Gasteiger charge is -2.34. The number of aldehydes is 2. The minimum absolute atomic E-state index is 0.188. The maximum atomic E-state index is 12.9. The number of fused-ring (bicyclic) bond motifs is 1. The Hall–Kier alpha value is -3.01. The van der Waals surface area contributed by atoms with Crippen LogP contribution in [0.5, 0.6) is 0 Å². The van der Waals surface area contributed by atoms with E-state index in [2.05, 4.69) is 29.8 Å². The molecule has 0 amide bonds. The van der Waals surface area contributed by atoms with Crippen LogP contribution in [-0.4, -0.2) is 56.9 Å². The van der Waals surface area contributed by atoms with Crippen molar-refractivity contribution in [2.75, 3.05) is 32.5 Å². The van der Waals surface area contributed by atoms with Gasteiger partial charge in [-0.05, 0) is 51.2 Å². The van der Waals surface area contributed by atoms with Gasteiger partial charge in [0.05, 0.1) is 24.4 Å². The monoisotopic (exact) mass is 447 g/mol. The van der Waals surface area contributed by atoms with Crippen LogP contribution in [0, 0.1) is 5.82 Å². The summed E-state index contributed by atoms with van der Waals surface area (Å²) in [5.41, 5.74) is 5.52. The van der Waals surface area contributed by atoms with Crippen LogP contribution in [0.25, 0.3) is 11.0 Å². The second-order valence-electron chi connectivity index (χ2n) is 7.22. The van der Waals surface area contributed by atoms with Gasteiger partial charge < -0.3 is 24.6 Å². The van der Waals surface area contributed by atoms with Crippen molar-refractivity contribution in [2.45, 2.75) is 32.6 Å². The van der Waals surface area contributed by atoms with E-state index in [0.717, 1.165) is 31.7 Å². The molecule has 8 nitrogen and oxygen atoms in total. The van der Waals surface area contributed by atoms with E-state index in [4.69, 9.17) is 13.6 Å². The molecule has 2 atom stereocenters. The highest BCUT2D eigenvalue weighted by Gasteiger charge is 2.22. The first-order valence-electron chi connectivity index (χ1n) is 10.3. The van der Waals surface area contributed by atoms with E-state index in [1.807, 2.05) is 6.07 Å². The highest BCUT2D eigenvalue weighted by atomic mass is 19.1. The number of nitrogens with one attached hydrogen (secondary N) is 1. The molecule has 3 aromatic rings. The minimum Gasteiger partial charge on any atom is -0.457 e. The largest absolute Gasteiger partial charge is 0.457 e. The van der Waals surface area contributed by atoms with Crippen molar-refractivity contribution in [1.82, 2.24) is 4.90 Å². The van der Waals surface area contributed by atoms with Gasteiger partial charge in [0.2, 0.25) is 0 Å². The normalized spacial score (nSPS) is 18.2. The average Bonchev–Trinajstić information content (AvgIpc) is 3.38. The van der Waals surface area contributed by atoms with Crippen molar-refractivity contribution in [1.29, 1.82) is 0 Å². The fourth-order valence-electron chi connectivity index (χ4n) is 3.61. The van der Waals surface area contributed by atoms with Gasteiger partial charge in [0, 0.05) is 25.5 Å². The van der Waals surface area contributed by atoms with E-state index in [9.17, 15) is 14.0 Å². The Labute approximate surface area is 186 Å². The zero-order valence-corrected chi connectivity index (χ0v) is 18.8. The second-order valence-corrected chi connectivity index (χ2v) is 7.22. The summed E-state index contributed by atoms with van der Waals surface area (Å²) >= 11 is 0. The Morgan fingerprint density at radius 3 is 2.34 bits per heavy atom. The van der Waals surface area contributed by atoms with Crippen molar-refractivity contribution in [3.63, 3.8) is 0 Å². The molecular weight excluding hydrogens is 417 g/mol. The number of halogens is 1. The smallest absolute Gasteiger partial charge is 0.190 e. The van der Waals surface area contributed by atoms with Crippen LogP contribution in [0.1, 0.15) is 40.7 Å². The molecule has 1 saturated heterocycles. The number of nitrogens with zero attached hydrogens (tertiary/aromatic N) is 1. The lowest BCUT2D eigenvalue weighted by Crippen LogP contribution is -2.44. The summed E-state index contributed by atoms with van der Waals surface area (Å²) in [5.74, 6) is 1.06. The molecule has 0 spiro atoms. The molecule has 0 saturated carbocycles. The highest BCUT2D eigenvalue weighted by Crippen LogP contribution is 2.29. The van der Waals surface area contributed by atoms with Gasteiger partial charge in [-0.1, -0.05) is 0 Å². The van der Waals surface area contributed by atoms with Gasteiger partial charge in [0.25, 0.3) is 0 Å². The minimum atomic E-state index is -0.354. The zero-order valence-electron chi connectivity index (χ0n) is 18.8. The molecule has 2 aromatic heterocycles. The van der Waals surface area contributed by atoms with Crippen LogP contribution >= 0.6 is 0 Å². The van der Waals surface area contributed by atoms with Crippen LogP contribution in [-0.2, 0) is 11.3 Å². The van der Waals surface area contributed by atoms with E-state index in [0.29, 0.717) is 28.7 Å². The fraction of sp³-hybridized carbons (Fsp3) is 0.391. The SMILES string of the molecule is CC1CN(Cc2ccc(C=O)o2)CC(C)O1.CN.CNc1c(C=O)oc2ccc(F)cc12. The Bertz CT molecular complexity index is 1010. The first-order chi connectivity index (χ1) is 15.4. The van der Waals surface area contributed by atoms with Crippen molar-refractivity contribution < 1.29 is 27.6 Å². The maximum Gasteiger partial charge on any atom is 0.190 e. The number of ether oxygens (including phenoxy) is 1.